The molecule has 1 aromatic heterocycles. The molecule has 1 aliphatic rings. The molecule has 2 heterocycles. The molecule has 50 heavy (non-hydrogen) atoms. The van der Waals surface area contributed by atoms with Gasteiger partial charge < -0.3 is 30.7 Å². The van der Waals surface area contributed by atoms with Crippen molar-refractivity contribution in [1.82, 2.24) is 35.7 Å². The Kier molecular flexibility index (Phi) is 13.0. The fourth-order valence-corrected chi connectivity index (χ4v) is 5.64. The van der Waals surface area contributed by atoms with Crippen LogP contribution in [-0.4, -0.2) is 88.4 Å². The standard InChI is InChI=1S/C35H44F3N7O5/c1-22(2)18-29-42-26-11-10-25-20-28(26)45(29)16-7-14-39-32(48)23(3)41-34(50)27(19-24-8-5-4-6-9-24)43-30(46)21-44(17-15-40-33(25)49)31(47)12-13-35(36,37)38/h4-6,8-11,20,22-23,27H,7,12-19,21H2,1-3H3,(H,39,48)(H,40,49)(H,41,50)(H,43,46)/t23-,27+/m1/s1. The number of rotatable bonds is 6. The van der Waals surface area contributed by atoms with E-state index in [0.29, 0.717) is 48.5 Å². The van der Waals surface area contributed by atoms with E-state index in [4.69, 9.17) is 4.98 Å². The van der Waals surface area contributed by atoms with Crippen molar-refractivity contribution in [3.63, 3.8) is 0 Å². The summed E-state index contributed by atoms with van der Waals surface area (Å²) in [6.07, 6.45) is -5.62. The average Bonchev–Trinajstić information content (AvgIpc) is 3.39. The van der Waals surface area contributed by atoms with Crippen LogP contribution < -0.4 is 21.3 Å². The van der Waals surface area contributed by atoms with Crippen LogP contribution in [0.5, 0.6) is 0 Å². The van der Waals surface area contributed by atoms with E-state index in [2.05, 4.69) is 35.1 Å². The van der Waals surface area contributed by atoms with Crippen molar-refractivity contribution in [2.45, 2.75) is 77.7 Å². The zero-order valence-electron chi connectivity index (χ0n) is 28.4. The van der Waals surface area contributed by atoms with E-state index in [1.54, 1.807) is 48.5 Å². The lowest BCUT2D eigenvalue weighted by Gasteiger charge is -2.25. The van der Waals surface area contributed by atoms with Crippen molar-refractivity contribution in [2.24, 2.45) is 5.92 Å². The molecule has 2 bridgehead atoms. The van der Waals surface area contributed by atoms with Crippen LogP contribution in [0.4, 0.5) is 13.2 Å². The number of hydrogen-bond donors (Lipinski definition) is 4. The predicted molar refractivity (Wildman–Crippen MR) is 180 cm³/mol. The Balaban J connectivity index is 1.63. The van der Waals surface area contributed by atoms with E-state index in [1.807, 2.05) is 4.57 Å². The van der Waals surface area contributed by atoms with Gasteiger partial charge in [-0.25, -0.2) is 4.98 Å². The minimum Gasteiger partial charge on any atom is -0.354 e. The molecule has 0 saturated carbocycles. The summed E-state index contributed by atoms with van der Waals surface area (Å²) in [5.41, 5.74) is 2.42. The van der Waals surface area contributed by atoms with Gasteiger partial charge >= 0.3 is 6.18 Å². The van der Waals surface area contributed by atoms with Crippen molar-refractivity contribution in [3.8, 4) is 0 Å². The quantitative estimate of drug-likeness (QED) is 0.311. The van der Waals surface area contributed by atoms with Gasteiger partial charge in [0.25, 0.3) is 5.91 Å². The van der Waals surface area contributed by atoms with Crippen LogP contribution in [-0.2, 0) is 38.6 Å². The lowest BCUT2D eigenvalue weighted by molar-refractivity contribution is -0.150. The van der Waals surface area contributed by atoms with E-state index in [1.165, 1.54) is 6.92 Å². The fourth-order valence-electron chi connectivity index (χ4n) is 5.64. The first kappa shape index (κ1) is 37.9. The van der Waals surface area contributed by atoms with Crippen LogP contribution in [0.3, 0.4) is 0 Å². The first-order chi connectivity index (χ1) is 23.7. The van der Waals surface area contributed by atoms with Crippen molar-refractivity contribution >= 4 is 40.6 Å². The number of amides is 5. The summed E-state index contributed by atoms with van der Waals surface area (Å²) in [5, 5.41) is 10.8. The molecule has 12 nitrogen and oxygen atoms in total. The lowest BCUT2D eigenvalue weighted by atomic mass is 10.0. The smallest absolute Gasteiger partial charge is 0.354 e. The van der Waals surface area contributed by atoms with Gasteiger partial charge in [0.2, 0.25) is 23.6 Å². The molecule has 2 atom stereocenters. The van der Waals surface area contributed by atoms with Gasteiger partial charge in [0.1, 0.15) is 17.9 Å². The van der Waals surface area contributed by atoms with Crippen LogP contribution in [0.15, 0.2) is 48.5 Å². The fraction of sp³-hybridized carbons (Fsp3) is 0.486. The summed E-state index contributed by atoms with van der Waals surface area (Å²) >= 11 is 0. The molecule has 3 aromatic rings. The molecule has 4 rings (SSSR count). The normalized spacial score (nSPS) is 19.1. The van der Waals surface area contributed by atoms with Gasteiger partial charge in [0, 0.05) is 51.0 Å². The van der Waals surface area contributed by atoms with E-state index in [9.17, 15) is 37.1 Å². The van der Waals surface area contributed by atoms with Gasteiger partial charge in [-0.15, -0.1) is 0 Å². The summed E-state index contributed by atoms with van der Waals surface area (Å²) in [5.74, 6) is -2.19. The highest BCUT2D eigenvalue weighted by atomic mass is 19.4. The number of aryl methyl sites for hydroxylation is 1. The third-order valence-electron chi connectivity index (χ3n) is 8.20. The van der Waals surface area contributed by atoms with E-state index >= 15 is 0 Å². The lowest BCUT2D eigenvalue weighted by Crippen LogP contribution is -2.55. The van der Waals surface area contributed by atoms with Crippen molar-refractivity contribution in [2.75, 3.05) is 26.2 Å². The summed E-state index contributed by atoms with van der Waals surface area (Å²) in [4.78, 5) is 71.5. The number of carbonyl (C=O) groups excluding carboxylic acids is 5. The Hall–Kier alpha value is -4.95. The van der Waals surface area contributed by atoms with Crippen molar-refractivity contribution in [3.05, 3.63) is 65.5 Å². The predicted octanol–water partition coefficient (Wildman–Crippen LogP) is 2.89. The number of halogens is 3. The number of benzene rings is 2. The number of alkyl halides is 3. The Morgan fingerprint density at radius 3 is 2.40 bits per heavy atom. The zero-order valence-corrected chi connectivity index (χ0v) is 28.4. The van der Waals surface area contributed by atoms with E-state index < -0.39 is 67.2 Å². The van der Waals surface area contributed by atoms with Gasteiger partial charge in [-0.3, -0.25) is 24.0 Å². The molecule has 5 amide bonds. The zero-order chi connectivity index (χ0) is 36.4. The monoisotopic (exact) mass is 699 g/mol. The molecule has 0 aliphatic carbocycles. The first-order valence-electron chi connectivity index (χ1n) is 16.7. The number of nitrogens with zero attached hydrogens (tertiary/aromatic N) is 3. The maximum Gasteiger partial charge on any atom is 0.389 e. The van der Waals surface area contributed by atoms with E-state index in [-0.39, 0.29) is 19.5 Å². The Labute approximate surface area is 288 Å². The molecule has 0 unspecified atom stereocenters. The summed E-state index contributed by atoms with van der Waals surface area (Å²) in [7, 11) is 0. The second kappa shape index (κ2) is 17.1. The number of hydrogen-bond acceptors (Lipinski definition) is 6. The largest absolute Gasteiger partial charge is 0.389 e. The Bertz CT molecular complexity index is 1680. The van der Waals surface area contributed by atoms with Gasteiger partial charge in [-0.2, -0.15) is 13.2 Å². The highest BCUT2D eigenvalue weighted by Gasteiger charge is 2.31. The number of carbonyl (C=O) groups is 5. The second-order valence-electron chi connectivity index (χ2n) is 12.9. The highest BCUT2D eigenvalue weighted by molar-refractivity contribution is 5.97. The molecule has 4 N–H and O–H groups in total. The minimum absolute atomic E-state index is 0.0431. The first-order valence-corrected chi connectivity index (χ1v) is 16.7. The summed E-state index contributed by atoms with van der Waals surface area (Å²) in [6, 6.07) is 11.7. The molecule has 270 valence electrons. The minimum atomic E-state index is -4.60. The Morgan fingerprint density at radius 2 is 1.70 bits per heavy atom. The molecular formula is C35H44F3N7O5. The highest BCUT2D eigenvalue weighted by Crippen LogP contribution is 2.23. The van der Waals surface area contributed by atoms with Crippen LogP contribution >= 0.6 is 0 Å². The van der Waals surface area contributed by atoms with Crippen LogP contribution in [0.1, 0.15) is 61.8 Å². The van der Waals surface area contributed by atoms with Gasteiger partial charge in [-0.1, -0.05) is 44.2 Å². The second-order valence-corrected chi connectivity index (χ2v) is 12.9. The maximum atomic E-state index is 13.4. The molecule has 2 aromatic carbocycles. The van der Waals surface area contributed by atoms with Crippen LogP contribution in [0.25, 0.3) is 11.0 Å². The van der Waals surface area contributed by atoms with Crippen molar-refractivity contribution in [1.29, 1.82) is 0 Å². The molecule has 0 saturated heterocycles. The third kappa shape index (κ3) is 11.0. The molecule has 15 heteroatoms. The van der Waals surface area contributed by atoms with Crippen LogP contribution in [0.2, 0.25) is 0 Å². The molecule has 0 spiro atoms. The molecular weight excluding hydrogens is 655 g/mol. The topological polar surface area (TPSA) is 155 Å². The molecule has 0 fully saturated rings. The number of fused-ring (bicyclic) bond motifs is 1. The molecule has 1 aliphatic heterocycles. The van der Waals surface area contributed by atoms with E-state index in [0.717, 1.165) is 16.2 Å². The number of nitrogens with one attached hydrogen (secondary N) is 4. The van der Waals surface area contributed by atoms with Gasteiger partial charge in [0.05, 0.1) is 24.0 Å². The average molecular weight is 700 g/mol. The number of aromatic nitrogens is 2. The SMILES string of the molecule is CC(C)Cc1nc2ccc3cc2n1CCCNC(=O)[C@@H](C)NC(=O)[C@H](Cc1ccccc1)NC(=O)CN(C(=O)CCC(F)(F)F)CCNC3=O. The summed E-state index contributed by atoms with van der Waals surface area (Å²) < 4.78 is 41.0. The van der Waals surface area contributed by atoms with Crippen molar-refractivity contribution < 1.29 is 37.1 Å². The Morgan fingerprint density at radius 1 is 0.960 bits per heavy atom. The van der Waals surface area contributed by atoms with Gasteiger partial charge in [0.15, 0.2) is 0 Å². The number of imidazole rings is 1. The third-order valence-corrected chi connectivity index (χ3v) is 8.20. The maximum absolute atomic E-state index is 13.4. The molecule has 0 radical (unpaired) electrons. The van der Waals surface area contributed by atoms with Crippen LogP contribution in [0, 0.1) is 5.92 Å². The van der Waals surface area contributed by atoms with Gasteiger partial charge in [-0.05, 0) is 43.0 Å². The summed E-state index contributed by atoms with van der Waals surface area (Å²) in [6.45, 7) is 5.36.